The van der Waals surface area contributed by atoms with Gasteiger partial charge in [0.15, 0.2) is 0 Å². The first-order chi connectivity index (χ1) is 26.3. The molecule has 2 heterocycles. The predicted molar refractivity (Wildman–Crippen MR) is 221 cm³/mol. The van der Waals surface area contributed by atoms with Gasteiger partial charge in [0.1, 0.15) is 5.41 Å². The number of hydrogen-bond donors (Lipinski definition) is 0. The number of rotatable bonds is 3. The molecule has 0 N–H and O–H groups in total. The number of aromatic nitrogens is 2. The predicted octanol–water partition coefficient (Wildman–Crippen LogP) is 12.5. The molecule has 0 amide bonds. The van der Waals surface area contributed by atoms with Crippen LogP contribution in [0.25, 0.3) is 66.1 Å². The summed E-state index contributed by atoms with van der Waals surface area (Å²) >= 11 is 0. The highest BCUT2D eigenvalue weighted by atomic mass is 15.0. The van der Waals surface area contributed by atoms with E-state index in [1.807, 2.05) is 0 Å². The van der Waals surface area contributed by atoms with Gasteiger partial charge < -0.3 is 9.13 Å². The van der Waals surface area contributed by atoms with Gasteiger partial charge in [0.25, 0.3) is 0 Å². The molecule has 53 heavy (non-hydrogen) atoms. The number of allylic oxidation sites excluding steroid dienone is 4. The Hall–Kier alpha value is -6.82. The van der Waals surface area contributed by atoms with Gasteiger partial charge in [0, 0.05) is 38.5 Å². The lowest BCUT2D eigenvalue weighted by Crippen LogP contribution is -2.26. The third kappa shape index (κ3) is 4.35. The van der Waals surface area contributed by atoms with Gasteiger partial charge in [0.2, 0.25) is 0 Å². The Morgan fingerprint density at radius 3 is 1.72 bits per heavy atom. The van der Waals surface area contributed by atoms with Crippen molar-refractivity contribution >= 4 is 43.6 Å². The molecule has 7 aromatic carbocycles. The number of hydrogen-bond acceptors (Lipinski definition) is 0. The zero-order valence-electron chi connectivity index (χ0n) is 29.1. The van der Waals surface area contributed by atoms with Crippen LogP contribution in [0.4, 0.5) is 0 Å². The first-order valence-corrected chi connectivity index (χ1v) is 18.5. The largest absolute Gasteiger partial charge is 0.309 e. The summed E-state index contributed by atoms with van der Waals surface area (Å²) in [6.07, 6.45) is 9.11. The van der Waals surface area contributed by atoms with E-state index in [9.17, 15) is 0 Å². The molecule has 2 aliphatic carbocycles. The van der Waals surface area contributed by atoms with E-state index >= 15 is 0 Å². The van der Waals surface area contributed by atoms with E-state index in [0.29, 0.717) is 0 Å². The molecule has 0 saturated heterocycles. The van der Waals surface area contributed by atoms with Gasteiger partial charge in [-0.1, -0.05) is 133 Å². The van der Waals surface area contributed by atoms with Crippen LogP contribution in [0.15, 0.2) is 188 Å². The highest BCUT2D eigenvalue weighted by molar-refractivity contribution is 6.12. The van der Waals surface area contributed by atoms with Gasteiger partial charge in [-0.25, -0.2) is 0 Å². The van der Waals surface area contributed by atoms with E-state index < -0.39 is 5.41 Å². The fourth-order valence-corrected chi connectivity index (χ4v) is 9.08. The zero-order chi connectivity index (χ0) is 34.9. The lowest BCUT2D eigenvalue weighted by molar-refractivity contribution is 0.810. The molecule has 0 fully saturated rings. The second kappa shape index (κ2) is 11.6. The maximum absolute atomic E-state index is 3.91. The number of fused-ring (bicyclic) bond motifs is 9. The van der Waals surface area contributed by atoms with Crippen molar-refractivity contribution in [3.05, 3.63) is 204 Å². The molecule has 2 aromatic heterocycles. The first kappa shape index (κ1) is 29.9. The maximum Gasteiger partial charge on any atom is 0.107 e. The molecule has 2 aliphatic rings. The minimum atomic E-state index is -0.600. The second-order valence-corrected chi connectivity index (χ2v) is 14.2. The van der Waals surface area contributed by atoms with E-state index in [0.717, 1.165) is 29.8 Å². The second-order valence-electron chi connectivity index (χ2n) is 14.2. The molecule has 2 heteroatoms. The van der Waals surface area contributed by atoms with E-state index in [4.69, 9.17) is 0 Å². The average molecular weight is 675 g/mol. The molecule has 11 rings (SSSR count). The molecule has 0 bridgehead atoms. The number of nitrogens with zero attached hydrogens (tertiary/aromatic N) is 2. The van der Waals surface area contributed by atoms with Gasteiger partial charge in [-0.15, -0.1) is 0 Å². The smallest absolute Gasteiger partial charge is 0.107 e. The van der Waals surface area contributed by atoms with Crippen molar-refractivity contribution in [1.82, 2.24) is 9.13 Å². The molecule has 0 spiro atoms. The molecule has 1 atom stereocenters. The van der Waals surface area contributed by atoms with Gasteiger partial charge in [-0.05, 0) is 101 Å². The fourth-order valence-electron chi connectivity index (χ4n) is 9.08. The fraction of sp³-hybridized carbons (Fsp3) is 0.0588. The van der Waals surface area contributed by atoms with Crippen LogP contribution in [0.2, 0.25) is 0 Å². The molecule has 1 unspecified atom stereocenters. The Balaban J connectivity index is 1.16. The molecule has 248 valence electrons. The van der Waals surface area contributed by atoms with Gasteiger partial charge >= 0.3 is 0 Å². The highest BCUT2D eigenvalue weighted by Gasteiger charge is 2.44. The summed E-state index contributed by atoms with van der Waals surface area (Å²) in [5.74, 6) is 7.54. The van der Waals surface area contributed by atoms with E-state index in [1.54, 1.807) is 0 Å². The third-order valence-electron chi connectivity index (χ3n) is 11.4. The Bertz CT molecular complexity index is 3010. The van der Waals surface area contributed by atoms with Crippen molar-refractivity contribution in [1.29, 1.82) is 0 Å². The van der Waals surface area contributed by atoms with Crippen molar-refractivity contribution in [3.8, 4) is 34.3 Å². The lowest BCUT2D eigenvalue weighted by Gasteiger charge is -2.30. The monoisotopic (exact) mass is 674 g/mol. The van der Waals surface area contributed by atoms with Crippen molar-refractivity contribution in [2.45, 2.75) is 18.3 Å². The van der Waals surface area contributed by atoms with Crippen molar-refractivity contribution < 1.29 is 0 Å². The SMILES string of the molecule is C(#CC1(C2=CCCC=C2)c2ccccc2-c2ccc(-n3c4ccccc4c4cc(-n5c6ccccc6c6ccccc65)ccc43)cc21)c1ccccc1. The molecular weight excluding hydrogens is 641 g/mol. The van der Waals surface area contributed by atoms with Crippen molar-refractivity contribution in [2.24, 2.45) is 0 Å². The van der Waals surface area contributed by atoms with Crippen LogP contribution < -0.4 is 0 Å². The summed E-state index contributed by atoms with van der Waals surface area (Å²) in [6.45, 7) is 0. The summed E-state index contributed by atoms with van der Waals surface area (Å²) in [5.41, 5.74) is 13.8. The Morgan fingerprint density at radius 2 is 1.02 bits per heavy atom. The topological polar surface area (TPSA) is 9.86 Å². The molecule has 0 radical (unpaired) electrons. The Kier molecular flexibility index (Phi) is 6.54. The summed E-state index contributed by atoms with van der Waals surface area (Å²) in [4.78, 5) is 0. The summed E-state index contributed by atoms with van der Waals surface area (Å²) in [5, 5.41) is 5.01. The van der Waals surface area contributed by atoms with Crippen LogP contribution in [0.3, 0.4) is 0 Å². The van der Waals surface area contributed by atoms with Crippen molar-refractivity contribution in [3.63, 3.8) is 0 Å². The van der Waals surface area contributed by atoms with Gasteiger partial charge in [0.05, 0.1) is 22.1 Å². The number of benzene rings is 7. The summed E-state index contributed by atoms with van der Waals surface area (Å²) < 4.78 is 4.86. The van der Waals surface area contributed by atoms with E-state index in [-0.39, 0.29) is 0 Å². The number of para-hydroxylation sites is 3. The normalized spacial score (nSPS) is 16.1. The van der Waals surface area contributed by atoms with Gasteiger partial charge in [-0.3, -0.25) is 0 Å². The van der Waals surface area contributed by atoms with Crippen LogP contribution >= 0.6 is 0 Å². The first-order valence-electron chi connectivity index (χ1n) is 18.5. The van der Waals surface area contributed by atoms with Crippen LogP contribution in [-0.4, -0.2) is 9.13 Å². The molecule has 0 saturated carbocycles. The molecule has 0 aliphatic heterocycles. The van der Waals surface area contributed by atoms with Crippen LogP contribution in [0.1, 0.15) is 29.5 Å². The standard InChI is InChI=1S/C51H34N2/c1-3-15-35(16-4-1)31-32-51(36-17-5-2-6-18-36)45-23-11-7-19-39(45)40-29-27-38(34-46(40)51)53-49-26-14-10-22-43(49)44-33-37(28-30-50(44)53)52-47-24-12-8-20-41(47)42-21-9-13-25-48(42)52/h1,3-5,7-30,33-34H,2,6H2. The van der Waals surface area contributed by atoms with Crippen LogP contribution in [-0.2, 0) is 5.41 Å². The molecule has 9 aromatic rings. The maximum atomic E-state index is 3.91. The Labute approximate surface area is 308 Å². The molecule has 2 nitrogen and oxygen atoms in total. The van der Waals surface area contributed by atoms with Crippen LogP contribution in [0, 0.1) is 11.8 Å². The highest BCUT2D eigenvalue weighted by Crippen LogP contribution is 2.54. The van der Waals surface area contributed by atoms with Gasteiger partial charge in [-0.2, -0.15) is 0 Å². The summed E-state index contributed by atoms with van der Waals surface area (Å²) in [6, 6.07) is 59.6. The lowest BCUT2D eigenvalue weighted by atomic mass is 9.71. The molecular formula is C51H34N2. The zero-order valence-corrected chi connectivity index (χ0v) is 29.1. The quantitative estimate of drug-likeness (QED) is 0.165. The minimum Gasteiger partial charge on any atom is -0.309 e. The summed E-state index contributed by atoms with van der Waals surface area (Å²) in [7, 11) is 0. The third-order valence-corrected chi connectivity index (χ3v) is 11.4. The Morgan fingerprint density at radius 1 is 0.453 bits per heavy atom. The van der Waals surface area contributed by atoms with Crippen LogP contribution in [0.5, 0.6) is 0 Å². The minimum absolute atomic E-state index is 0.600. The van der Waals surface area contributed by atoms with Crippen molar-refractivity contribution in [2.75, 3.05) is 0 Å². The average Bonchev–Trinajstić information content (AvgIpc) is 3.84. The van der Waals surface area contributed by atoms with E-state index in [2.05, 4.69) is 203 Å². The van der Waals surface area contributed by atoms with E-state index in [1.165, 1.54) is 71.4 Å².